The molecule has 0 spiro atoms. The third kappa shape index (κ3) is 4.54. The molecule has 8 heteroatoms. The van der Waals surface area contributed by atoms with Crippen molar-refractivity contribution in [3.05, 3.63) is 26.0 Å². The lowest BCUT2D eigenvalue weighted by Gasteiger charge is -2.25. The van der Waals surface area contributed by atoms with Crippen LogP contribution in [0.3, 0.4) is 0 Å². The van der Waals surface area contributed by atoms with Crippen LogP contribution in [0.5, 0.6) is 0 Å². The number of rotatable bonds is 3. The Hall–Kier alpha value is -1.41. The highest BCUT2D eigenvalue weighted by molar-refractivity contribution is 9.11. The van der Waals surface area contributed by atoms with Crippen molar-refractivity contribution in [2.24, 2.45) is 5.92 Å². The molecule has 23 heavy (non-hydrogen) atoms. The number of amides is 1. The molecule has 2 aromatic rings. The summed E-state index contributed by atoms with van der Waals surface area (Å²) in [5, 5.41) is 2.79. The number of aromatic nitrogens is 2. The first-order valence-corrected chi connectivity index (χ1v) is 8.86. The van der Waals surface area contributed by atoms with Crippen molar-refractivity contribution in [2.45, 2.75) is 46.3 Å². The Morgan fingerprint density at radius 3 is 2.65 bits per heavy atom. The number of ether oxygens (including phenoxy) is 1. The van der Waals surface area contributed by atoms with E-state index in [2.05, 4.69) is 31.2 Å². The third-order valence-corrected chi connectivity index (χ3v) is 4.63. The molecule has 2 rings (SSSR count). The number of nitrogens with one attached hydrogen (secondary N) is 2. The smallest absolute Gasteiger partial charge is 0.408 e. The molecule has 0 aliphatic rings. The first-order chi connectivity index (χ1) is 10.6. The van der Waals surface area contributed by atoms with Gasteiger partial charge in [-0.25, -0.2) is 9.78 Å². The van der Waals surface area contributed by atoms with Crippen LogP contribution in [-0.2, 0) is 4.74 Å². The second-order valence-corrected chi connectivity index (χ2v) is 9.02. The molecule has 0 aliphatic heterocycles. The fourth-order valence-electron chi connectivity index (χ4n) is 2.06. The number of aromatic amines is 1. The zero-order valence-electron chi connectivity index (χ0n) is 13.7. The second kappa shape index (κ2) is 6.60. The molecule has 2 N–H and O–H groups in total. The predicted molar refractivity (Wildman–Crippen MR) is 94.9 cm³/mol. The first-order valence-electron chi connectivity index (χ1n) is 7.25. The Balaban J connectivity index is 2.34. The van der Waals surface area contributed by atoms with Crippen molar-refractivity contribution in [3.63, 3.8) is 0 Å². The molecule has 2 aromatic heterocycles. The molecule has 0 aliphatic carbocycles. The van der Waals surface area contributed by atoms with Crippen molar-refractivity contribution in [3.8, 4) is 0 Å². The fraction of sp³-hybridized carbons (Fsp3) is 0.533. The van der Waals surface area contributed by atoms with Crippen LogP contribution in [0.25, 0.3) is 10.2 Å². The van der Waals surface area contributed by atoms with Crippen molar-refractivity contribution in [1.82, 2.24) is 15.3 Å². The number of hydrogen-bond acceptors (Lipinski definition) is 5. The lowest BCUT2D eigenvalue weighted by Crippen LogP contribution is -2.38. The van der Waals surface area contributed by atoms with Gasteiger partial charge in [-0.1, -0.05) is 13.8 Å². The minimum Gasteiger partial charge on any atom is -0.444 e. The predicted octanol–water partition coefficient (Wildman–Crippen LogP) is 3.97. The Morgan fingerprint density at radius 2 is 2.09 bits per heavy atom. The molecule has 2 heterocycles. The van der Waals surface area contributed by atoms with E-state index in [9.17, 15) is 9.59 Å². The largest absolute Gasteiger partial charge is 0.444 e. The summed E-state index contributed by atoms with van der Waals surface area (Å²) in [4.78, 5) is 31.5. The zero-order chi connectivity index (χ0) is 17.4. The summed E-state index contributed by atoms with van der Waals surface area (Å²) in [5.41, 5.74) is -0.191. The van der Waals surface area contributed by atoms with Crippen LogP contribution in [0.15, 0.2) is 14.6 Å². The summed E-state index contributed by atoms with van der Waals surface area (Å²) in [6.45, 7) is 9.27. The molecular weight excluding hydrogens is 382 g/mol. The number of thiophene rings is 1. The lowest BCUT2D eigenvalue weighted by atomic mass is 10.0. The highest BCUT2D eigenvalue weighted by Crippen LogP contribution is 2.27. The Kier molecular flexibility index (Phi) is 5.15. The summed E-state index contributed by atoms with van der Waals surface area (Å²) < 4.78 is 6.68. The summed E-state index contributed by atoms with van der Waals surface area (Å²) in [7, 11) is 0. The highest BCUT2D eigenvalue weighted by Gasteiger charge is 2.25. The molecular formula is C15H20BrN3O3S. The van der Waals surface area contributed by atoms with Crippen LogP contribution in [0.1, 0.15) is 46.5 Å². The van der Waals surface area contributed by atoms with Gasteiger partial charge in [0.25, 0.3) is 5.56 Å². The van der Waals surface area contributed by atoms with Crippen LogP contribution in [0.2, 0.25) is 0 Å². The van der Waals surface area contributed by atoms with Crippen LogP contribution >= 0.6 is 27.3 Å². The topological polar surface area (TPSA) is 84.1 Å². The number of fused-ring (bicyclic) bond motifs is 1. The van der Waals surface area contributed by atoms with Crippen molar-refractivity contribution < 1.29 is 9.53 Å². The van der Waals surface area contributed by atoms with E-state index in [0.717, 1.165) is 3.79 Å². The molecule has 0 bridgehead atoms. The van der Waals surface area contributed by atoms with Crippen LogP contribution in [0, 0.1) is 5.92 Å². The van der Waals surface area contributed by atoms with E-state index < -0.39 is 17.7 Å². The van der Waals surface area contributed by atoms with E-state index in [1.807, 2.05) is 13.8 Å². The number of H-pyrrole nitrogens is 1. The molecule has 1 atom stereocenters. The Morgan fingerprint density at radius 1 is 1.43 bits per heavy atom. The average molecular weight is 402 g/mol. The number of hydrogen-bond donors (Lipinski definition) is 2. The van der Waals surface area contributed by atoms with E-state index in [1.54, 1.807) is 26.8 Å². The van der Waals surface area contributed by atoms with Gasteiger partial charge in [0.2, 0.25) is 0 Å². The summed E-state index contributed by atoms with van der Waals surface area (Å²) in [5.74, 6) is 0.457. The van der Waals surface area contributed by atoms with Gasteiger partial charge in [0.1, 0.15) is 16.1 Å². The van der Waals surface area contributed by atoms with Gasteiger partial charge < -0.3 is 15.0 Å². The van der Waals surface area contributed by atoms with E-state index >= 15 is 0 Å². The normalized spacial score (nSPS) is 13.3. The quantitative estimate of drug-likeness (QED) is 0.814. The summed E-state index contributed by atoms with van der Waals surface area (Å²) in [6, 6.07) is 1.35. The minimum atomic E-state index is -0.589. The number of carbonyl (C=O) groups is 1. The van der Waals surface area contributed by atoms with Gasteiger partial charge in [-0.2, -0.15) is 0 Å². The van der Waals surface area contributed by atoms with Gasteiger partial charge in [-0.05, 0) is 48.7 Å². The average Bonchev–Trinajstić information content (AvgIpc) is 2.74. The maximum atomic E-state index is 12.2. The highest BCUT2D eigenvalue weighted by atomic mass is 79.9. The zero-order valence-corrected chi connectivity index (χ0v) is 16.1. The van der Waals surface area contributed by atoms with Crippen LogP contribution < -0.4 is 10.9 Å². The molecule has 0 unspecified atom stereocenters. The van der Waals surface area contributed by atoms with Gasteiger partial charge in [0.15, 0.2) is 0 Å². The Labute approximate surface area is 146 Å². The molecule has 1 amide bonds. The maximum Gasteiger partial charge on any atom is 0.408 e. The SMILES string of the molecule is CC(C)[C@@H](NC(=O)OC(C)(C)C)c1nc2cc(Br)sc2c(=O)[nH]1. The number of nitrogens with zero attached hydrogens (tertiary/aromatic N) is 1. The second-order valence-electron chi connectivity index (χ2n) is 6.58. The number of alkyl carbamates (subject to hydrolysis) is 1. The van der Waals surface area contributed by atoms with Crippen molar-refractivity contribution >= 4 is 43.6 Å². The van der Waals surface area contributed by atoms with Crippen molar-refractivity contribution in [1.29, 1.82) is 0 Å². The lowest BCUT2D eigenvalue weighted by molar-refractivity contribution is 0.0486. The molecule has 126 valence electrons. The monoisotopic (exact) mass is 401 g/mol. The standard InChI is InChI=1S/C15H20BrN3O3S/c1-7(2)10(18-14(21)22-15(3,4)5)12-17-8-6-9(16)23-11(8)13(20)19-12/h6-7,10H,1-5H3,(H,18,21)(H,17,19,20)/t10-/m1/s1. The van der Waals surface area contributed by atoms with E-state index in [1.165, 1.54) is 11.3 Å². The van der Waals surface area contributed by atoms with Crippen molar-refractivity contribution in [2.75, 3.05) is 0 Å². The van der Waals surface area contributed by atoms with Gasteiger partial charge in [0.05, 0.1) is 15.3 Å². The Bertz CT molecular complexity index is 776. The molecule has 0 radical (unpaired) electrons. The van der Waals surface area contributed by atoms with E-state index in [4.69, 9.17) is 4.74 Å². The minimum absolute atomic E-state index is 0.0326. The fourth-order valence-corrected chi connectivity index (χ4v) is 3.48. The van der Waals surface area contributed by atoms with Crippen LogP contribution in [0.4, 0.5) is 4.79 Å². The van der Waals surface area contributed by atoms with E-state index in [-0.39, 0.29) is 11.5 Å². The maximum absolute atomic E-state index is 12.2. The van der Waals surface area contributed by atoms with Gasteiger partial charge in [-0.15, -0.1) is 11.3 Å². The molecule has 6 nitrogen and oxygen atoms in total. The number of halogens is 1. The van der Waals surface area contributed by atoms with Gasteiger partial charge >= 0.3 is 6.09 Å². The third-order valence-electron chi connectivity index (χ3n) is 3.00. The molecule has 0 saturated heterocycles. The first kappa shape index (κ1) is 17.9. The van der Waals surface area contributed by atoms with Crippen LogP contribution in [-0.4, -0.2) is 21.7 Å². The summed E-state index contributed by atoms with van der Waals surface area (Å²) >= 11 is 4.69. The van der Waals surface area contributed by atoms with Gasteiger partial charge in [-0.3, -0.25) is 4.79 Å². The molecule has 0 aromatic carbocycles. The van der Waals surface area contributed by atoms with Gasteiger partial charge in [0, 0.05) is 0 Å². The molecule has 0 saturated carbocycles. The molecule has 0 fully saturated rings. The number of carbonyl (C=O) groups excluding carboxylic acids is 1. The summed E-state index contributed by atoms with van der Waals surface area (Å²) in [6.07, 6.45) is -0.537. The van der Waals surface area contributed by atoms with E-state index in [0.29, 0.717) is 16.0 Å².